The maximum absolute atomic E-state index is 12.6. The zero-order valence-electron chi connectivity index (χ0n) is 22.2. The lowest BCUT2D eigenvalue weighted by molar-refractivity contribution is -0.139. The monoisotopic (exact) mass is 524 g/mol. The van der Waals surface area contributed by atoms with Crippen molar-refractivity contribution in [1.29, 1.82) is 0 Å². The third-order valence-electron chi connectivity index (χ3n) is 6.43. The van der Waals surface area contributed by atoms with E-state index in [1.54, 1.807) is 6.92 Å². The van der Waals surface area contributed by atoms with Crippen LogP contribution in [0.4, 0.5) is 0 Å². The number of nitrogens with two attached hydrogens (primary N) is 2. The summed E-state index contributed by atoms with van der Waals surface area (Å²) in [6, 6.07) is 0. The molecule has 0 bridgehead atoms. The Morgan fingerprint density at radius 1 is 0.784 bits per heavy atom. The molecule has 0 heterocycles. The summed E-state index contributed by atoms with van der Waals surface area (Å²) in [5, 5.41) is 8.01. The fourth-order valence-electron chi connectivity index (χ4n) is 3.97. The van der Waals surface area contributed by atoms with Crippen LogP contribution in [0, 0.1) is 17.8 Å². The molecule has 1 rings (SSSR count). The van der Waals surface area contributed by atoms with Gasteiger partial charge < -0.3 is 32.3 Å². The molecule has 210 valence electrons. The molecule has 1 aliphatic carbocycles. The second kappa shape index (κ2) is 17.3. The van der Waals surface area contributed by atoms with Crippen molar-refractivity contribution in [3.05, 3.63) is 0 Å². The van der Waals surface area contributed by atoms with E-state index in [0.717, 1.165) is 24.2 Å². The van der Waals surface area contributed by atoms with Gasteiger partial charge in [-0.1, -0.05) is 19.8 Å². The Bertz CT molecular complexity index is 801. The van der Waals surface area contributed by atoms with Crippen LogP contribution in [-0.4, -0.2) is 73.1 Å². The van der Waals surface area contributed by atoms with Crippen LogP contribution in [-0.2, 0) is 28.8 Å². The molecule has 1 aliphatic rings. The number of hydrogen-bond acceptors (Lipinski definition) is 6. The van der Waals surface area contributed by atoms with E-state index in [2.05, 4.69) is 16.0 Å². The summed E-state index contributed by atoms with van der Waals surface area (Å²) < 4.78 is 0. The summed E-state index contributed by atoms with van der Waals surface area (Å²) in [6.07, 6.45) is 6.16. The molecule has 37 heavy (non-hydrogen) atoms. The molecule has 2 unspecified atom stereocenters. The third kappa shape index (κ3) is 14.8. The van der Waals surface area contributed by atoms with Gasteiger partial charge >= 0.3 is 0 Å². The summed E-state index contributed by atoms with van der Waals surface area (Å²) in [7, 11) is 0. The summed E-state index contributed by atoms with van der Waals surface area (Å²) in [4.78, 5) is 72.3. The van der Waals surface area contributed by atoms with Crippen molar-refractivity contribution in [1.82, 2.24) is 20.9 Å². The molecule has 7 N–H and O–H groups in total. The van der Waals surface area contributed by atoms with E-state index in [0.29, 0.717) is 51.1 Å². The molecule has 12 heteroatoms. The van der Waals surface area contributed by atoms with Crippen LogP contribution in [0.15, 0.2) is 0 Å². The van der Waals surface area contributed by atoms with Crippen LogP contribution in [0.5, 0.6) is 0 Å². The molecule has 0 aromatic carbocycles. The quantitative estimate of drug-likeness (QED) is 0.134. The highest BCUT2D eigenvalue weighted by Gasteiger charge is 2.34. The molecule has 6 amide bonds. The first-order valence-corrected chi connectivity index (χ1v) is 13.2. The van der Waals surface area contributed by atoms with Crippen molar-refractivity contribution < 1.29 is 28.8 Å². The van der Waals surface area contributed by atoms with Crippen LogP contribution >= 0.6 is 0 Å². The van der Waals surface area contributed by atoms with E-state index in [1.165, 1.54) is 6.92 Å². The van der Waals surface area contributed by atoms with Gasteiger partial charge in [-0.15, -0.1) is 0 Å². The first-order chi connectivity index (χ1) is 17.5. The first-order valence-electron chi connectivity index (χ1n) is 13.2. The highest BCUT2D eigenvalue weighted by atomic mass is 16.2. The van der Waals surface area contributed by atoms with Crippen LogP contribution in [0.3, 0.4) is 0 Å². The molecule has 0 aromatic heterocycles. The molecule has 1 fully saturated rings. The van der Waals surface area contributed by atoms with Gasteiger partial charge in [0.2, 0.25) is 35.4 Å². The zero-order valence-corrected chi connectivity index (χ0v) is 22.2. The van der Waals surface area contributed by atoms with Crippen molar-refractivity contribution in [3.63, 3.8) is 0 Å². The number of nitrogens with one attached hydrogen (secondary N) is 3. The van der Waals surface area contributed by atoms with Crippen molar-refractivity contribution in [3.8, 4) is 0 Å². The molecule has 0 saturated heterocycles. The van der Waals surface area contributed by atoms with E-state index in [9.17, 15) is 28.8 Å². The topological polar surface area (TPSA) is 194 Å². The predicted octanol–water partition coefficient (Wildman–Crippen LogP) is -0.453. The van der Waals surface area contributed by atoms with Gasteiger partial charge in [-0.25, -0.2) is 0 Å². The Morgan fingerprint density at radius 2 is 1.32 bits per heavy atom. The van der Waals surface area contributed by atoms with Gasteiger partial charge in [0, 0.05) is 44.8 Å². The number of nitrogens with zero attached hydrogens (tertiary/aromatic N) is 1. The summed E-state index contributed by atoms with van der Waals surface area (Å²) in [6.45, 7) is 3.39. The molecule has 2 atom stereocenters. The van der Waals surface area contributed by atoms with Gasteiger partial charge in [-0.2, -0.15) is 0 Å². The number of primary amides is 2. The van der Waals surface area contributed by atoms with Crippen LogP contribution in [0.2, 0.25) is 0 Å². The minimum absolute atomic E-state index is 0.0409. The molecule has 0 radical (unpaired) electrons. The van der Waals surface area contributed by atoms with Crippen molar-refractivity contribution in [2.75, 3.05) is 32.7 Å². The lowest BCUT2D eigenvalue weighted by Gasteiger charge is -2.22. The Balaban J connectivity index is 2.44. The normalized spacial score (nSPS) is 14.2. The Labute approximate surface area is 219 Å². The van der Waals surface area contributed by atoms with Gasteiger partial charge in [0.05, 0.1) is 0 Å². The Kier molecular flexibility index (Phi) is 14.9. The lowest BCUT2D eigenvalue weighted by Crippen LogP contribution is -2.46. The number of carbonyl (C=O) groups excluding carboxylic acids is 6. The van der Waals surface area contributed by atoms with Crippen LogP contribution < -0.4 is 27.4 Å². The maximum Gasteiger partial charge on any atom is 0.239 e. The fraction of sp³-hybridized carbons (Fsp3) is 0.760. The predicted molar refractivity (Wildman–Crippen MR) is 137 cm³/mol. The third-order valence-corrected chi connectivity index (χ3v) is 6.43. The van der Waals surface area contributed by atoms with E-state index in [1.807, 2.05) is 0 Å². The van der Waals surface area contributed by atoms with Crippen molar-refractivity contribution in [2.45, 2.75) is 71.6 Å². The molecule has 0 aliphatic heterocycles. The molecule has 12 nitrogen and oxygen atoms in total. The number of rotatable bonds is 20. The number of unbranched alkanes of at least 4 members (excludes halogenated alkanes) is 2. The molecular formula is C25H44N6O6. The van der Waals surface area contributed by atoms with Crippen LogP contribution in [0.1, 0.15) is 71.6 Å². The molecular weight excluding hydrogens is 480 g/mol. The highest BCUT2D eigenvalue weighted by Crippen LogP contribution is 2.39. The summed E-state index contributed by atoms with van der Waals surface area (Å²) in [5.74, 6) is -2.05. The average Bonchev–Trinajstić information content (AvgIpc) is 3.65. The van der Waals surface area contributed by atoms with Gasteiger partial charge in [0.1, 0.15) is 13.1 Å². The summed E-state index contributed by atoms with van der Waals surface area (Å²) >= 11 is 0. The number of carbonyl (C=O) groups is 6. The maximum atomic E-state index is 12.6. The standard InChI is InChI=1S/C25H44N6O6/c1-17(24(26)36)7-3-5-12-29-21(33)15-31(23(35)11-14-28-18(2)32)16-22(34)30-13-6-4-8-20(25(27)37)19-9-10-19/h17,19-20H,3-16H2,1-2H3,(H2,26,36)(H2,27,37)(H,28,32)(H,29,33)(H,30,34). The minimum Gasteiger partial charge on any atom is -0.369 e. The number of amides is 6. The van der Waals surface area contributed by atoms with E-state index >= 15 is 0 Å². The van der Waals surface area contributed by atoms with Crippen molar-refractivity contribution >= 4 is 35.4 Å². The summed E-state index contributed by atoms with van der Waals surface area (Å²) in [5.41, 5.74) is 10.7. The SMILES string of the molecule is CC(=O)NCCC(=O)N(CC(=O)NCCCCC(C)C(N)=O)CC(=O)NCCCCC(C(N)=O)C1CC1. The van der Waals surface area contributed by atoms with Crippen LogP contribution in [0.25, 0.3) is 0 Å². The highest BCUT2D eigenvalue weighted by molar-refractivity contribution is 5.89. The smallest absolute Gasteiger partial charge is 0.239 e. The minimum atomic E-state index is -0.428. The Morgan fingerprint density at radius 3 is 1.78 bits per heavy atom. The van der Waals surface area contributed by atoms with E-state index < -0.39 is 17.7 Å². The first kappa shape index (κ1) is 31.8. The molecule has 1 saturated carbocycles. The number of hydrogen-bond donors (Lipinski definition) is 5. The van der Waals surface area contributed by atoms with Gasteiger partial charge in [0.15, 0.2) is 0 Å². The second-order valence-electron chi connectivity index (χ2n) is 9.82. The second-order valence-corrected chi connectivity index (χ2v) is 9.82. The zero-order chi connectivity index (χ0) is 27.8. The molecule has 0 spiro atoms. The van der Waals surface area contributed by atoms with Gasteiger partial charge in [-0.3, -0.25) is 28.8 Å². The molecule has 0 aromatic rings. The fourth-order valence-corrected chi connectivity index (χ4v) is 3.97. The van der Waals surface area contributed by atoms with Gasteiger partial charge in [0.25, 0.3) is 0 Å². The largest absolute Gasteiger partial charge is 0.369 e. The van der Waals surface area contributed by atoms with Gasteiger partial charge in [-0.05, 0) is 44.4 Å². The van der Waals surface area contributed by atoms with E-state index in [-0.39, 0.29) is 55.6 Å². The van der Waals surface area contributed by atoms with Crippen molar-refractivity contribution in [2.24, 2.45) is 29.2 Å². The van der Waals surface area contributed by atoms with E-state index in [4.69, 9.17) is 11.5 Å². The lowest BCUT2D eigenvalue weighted by atomic mass is 9.96. The average molecular weight is 525 g/mol. The Hall–Kier alpha value is -3.18.